The number of nitrogens with one attached hydrogen (secondary N) is 1. The van der Waals surface area contributed by atoms with Gasteiger partial charge in [-0.05, 0) is 23.3 Å². The Balaban J connectivity index is 1.79. The van der Waals surface area contributed by atoms with E-state index in [-0.39, 0.29) is 23.8 Å². The van der Waals surface area contributed by atoms with E-state index in [2.05, 4.69) is 11.5 Å². The molecule has 1 aliphatic rings. The van der Waals surface area contributed by atoms with Crippen LogP contribution in [0.4, 0.5) is 0 Å². The normalized spacial score (nSPS) is 17.2. The van der Waals surface area contributed by atoms with Crippen LogP contribution in [-0.4, -0.2) is 10.8 Å². The maximum absolute atomic E-state index is 13.1. The lowest BCUT2D eigenvalue weighted by Crippen LogP contribution is -2.38. The molecule has 148 valence electrons. The maximum Gasteiger partial charge on any atom is 0.177 e. The first-order valence-electron chi connectivity index (χ1n) is 9.71. The van der Waals surface area contributed by atoms with E-state index in [1.807, 2.05) is 89.9 Å². The number of carbonyl (C=O) groups excluding carboxylic acids is 1. The molecule has 3 aromatic rings. The first-order valence-corrected chi connectivity index (χ1v) is 10.1. The Morgan fingerprint density at radius 1 is 0.967 bits per heavy atom. The SMILES string of the molecule is N#CC1=C(c2ccccc2)NN(Cc2ccccc2)[C@H](c2ccc(Cl)cc2)CC1=O. The Morgan fingerprint density at radius 3 is 2.23 bits per heavy atom. The third kappa shape index (κ3) is 4.28. The molecule has 0 aliphatic carbocycles. The van der Waals surface area contributed by atoms with E-state index in [4.69, 9.17) is 11.6 Å². The fourth-order valence-electron chi connectivity index (χ4n) is 3.65. The number of hydrogen-bond donors (Lipinski definition) is 1. The molecular formula is C25H20ClN3O. The van der Waals surface area contributed by atoms with E-state index < -0.39 is 0 Å². The van der Waals surface area contributed by atoms with Gasteiger partial charge in [-0.3, -0.25) is 4.79 Å². The average Bonchev–Trinajstić information content (AvgIpc) is 2.92. The lowest BCUT2D eigenvalue weighted by Gasteiger charge is -2.32. The summed E-state index contributed by atoms with van der Waals surface area (Å²) in [6, 6.07) is 28.9. The molecule has 0 saturated heterocycles. The number of hydrazine groups is 1. The Morgan fingerprint density at radius 2 is 1.60 bits per heavy atom. The molecule has 0 aromatic heterocycles. The summed E-state index contributed by atoms with van der Waals surface area (Å²) in [6.45, 7) is 0.566. The zero-order valence-corrected chi connectivity index (χ0v) is 17.0. The number of nitrogens with zero attached hydrogens (tertiary/aromatic N) is 2. The molecule has 1 N–H and O–H groups in total. The van der Waals surface area contributed by atoms with Gasteiger partial charge in [0, 0.05) is 23.6 Å². The van der Waals surface area contributed by atoms with Crippen LogP contribution in [0.15, 0.2) is 90.5 Å². The number of rotatable bonds is 4. The molecular weight excluding hydrogens is 394 g/mol. The molecule has 0 unspecified atom stereocenters. The topological polar surface area (TPSA) is 56.1 Å². The van der Waals surface area contributed by atoms with Gasteiger partial charge in [-0.15, -0.1) is 0 Å². The lowest BCUT2D eigenvalue weighted by atomic mass is 9.96. The number of benzene rings is 3. The molecule has 1 heterocycles. The number of halogens is 1. The molecule has 0 bridgehead atoms. The van der Waals surface area contributed by atoms with Crippen molar-refractivity contribution in [2.45, 2.75) is 19.0 Å². The van der Waals surface area contributed by atoms with Gasteiger partial charge in [0.15, 0.2) is 5.78 Å². The average molecular weight is 414 g/mol. The van der Waals surface area contributed by atoms with Crippen LogP contribution >= 0.6 is 11.6 Å². The van der Waals surface area contributed by atoms with Crippen molar-refractivity contribution >= 4 is 23.1 Å². The third-order valence-corrected chi connectivity index (χ3v) is 5.42. The minimum Gasteiger partial charge on any atom is -0.316 e. The fraction of sp³-hybridized carbons (Fsp3) is 0.120. The van der Waals surface area contributed by atoms with E-state index in [1.165, 1.54) is 0 Å². The number of hydrogen-bond acceptors (Lipinski definition) is 4. The van der Waals surface area contributed by atoms with Gasteiger partial charge in [0.25, 0.3) is 0 Å². The van der Waals surface area contributed by atoms with Crippen LogP contribution in [0.5, 0.6) is 0 Å². The molecule has 0 fully saturated rings. The summed E-state index contributed by atoms with van der Waals surface area (Å²) in [5.41, 5.74) is 6.96. The van der Waals surface area contributed by atoms with Gasteiger partial charge in [-0.25, -0.2) is 5.01 Å². The Bertz CT molecular complexity index is 1100. The molecule has 0 radical (unpaired) electrons. The highest BCUT2D eigenvalue weighted by Gasteiger charge is 2.32. The van der Waals surface area contributed by atoms with Crippen molar-refractivity contribution in [3.8, 4) is 6.07 Å². The van der Waals surface area contributed by atoms with Crippen LogP contribution in [-0.2, 0) is 11.3 Å². The second-order valence-corrected chi connectivity index (χ2v) is 7.58. The summed E-state index contributed by atoms with van der Waals surface area (Å²) in [4.78, 5) is 13.1. The van der Waals surface area contributed by atoms with E-state index in [1.54, 1.807) is 0 Å². The maximum atomic E-state index is 13.1. The molecule has 1 atom stereocenters. The highest BCUT2D eigenvalue weighted by Crippen LogP contribution is 2.33. The van der Waals surface area contributed by atoms with Crippen molar-refractivity contribution in [2.75, 3.05) is 0 Å². The van der Waals surface area contributed by atoms with Gasteiger partial charge in [-0.1, -0.05) is 84.4 Å². The van der Waals surface area contributed by atoms with Crippen LogP contribution in [0.1, 0.15) is 29.2 Å². The van der Waals surface area contributed by atoms with Crippen molar-refractivity contribution in [1.82, 2.24) is 10.4 Å². The first kappa shape index (κ1) is 19.9. The van der Waals surface area contributed by atoms with Crippen LogP contribution < -0.4 is 5.43 Å². The number of Topliss-reactive ketones (excluding diaryl/α,β-unsaturated/α-hetero) is 1. The zero-order chi connectivity index (χ0) is 20.9. The molecule has 4 rings (SSSR count). The first-order chi connectivity index (χ1) is 14.7. The highest BCUT2D eigenvalue weighted by atomic mass is 35.5. The number of ketones is 1. The summed E-state index contributed by atoms with van der Waals surface area (Å²) in [6.07, 6.45) is 0.195. The lowest BCUT2D eigenvalue weighted by molar-refractivity contribution is -0.116. The van der Waals surface area contributed by atoms with Crippen molar-refractivity contribution in [1.29, 1.82) is 5.26 Å². The van der Waals surface area contributed by atoms with Gasteiger partial charge < -0.3 is 5.43 Å². The fourth-order valence-corrected chi connectivity index (χ4v) is 3.78. The van der Waals surface area contributed by atoms with Crippen molar-refractivity contribution in [3.63, 3.8) is 0 Å². The molecule has 5 heteroatoms. The van der Waals surface area contributed by atoms with Crippen molar-refractivity contribution < 1.29 is 4.79 Å². The summed E-state index contributed by atoms with van der Waals surface area (Å²) in [5, 5.41) is 12.5. The largest absolute Gasteiger partial charge is 0.316 e. The highest BCUT2D eigenvalue weighted by molar-refractivity contribution is 6.30. The van der Waals surface area contributed by atoms with Gasteiger partial charge in [0.05, 0.1) is 11.7 Å². The van der Waals surface area contributed by atoms with Gasteiger partial charge in [0.2, 0.25) is 0 Å². The minimum atomic E-state index is -0.250. The Labute approximate surface area is 181 Å². The summed E-state index contributed by atoms with van der Waals surface area (Å²) in [5.74, 6) is -0.181. The number of carbonyl (C=O) groups is 1. The minimum absolute atomic E-state index is 0.149. The van der Waals surface area contributed by atoms with Crippen molar-refractivity contribution in [2.24, 2.45) is 0 Å². The molecule has 1 aliphatic heterocycles. The standard InChI is InChI=1S/C25H20ClN3O/c26-21-13-11-19(12-14-21)23-15-24(30)22(16-27)25(20-9-5-2-6-10-20)28-29(23)17-18-7-3-1-4-8-18/h1-14,23,28H,15,17H2/t23-/m0/s1. The van der Waals surface area contributed by atoms with Gasteiger partial charge >= 0.3 is 0 Å². The second-order valence-electron chi connectivity index (χ2n) is 7.15. The van der Waals surface area contributed by atoms with E-state index >= 15 is 0 Å². The van der Waals surface area contributed by atoms with Gasteiger partial charge in [-0.2, -0.15) is 5.26 Å². The summed E-state index contributed by atoms with van der Waals surface area (Å²) >= 11 is 6.08. The molecule has 0 spiro atoms. The predicted octanol–water partition coefficient (Wildman–Crippen LogP) is 5.30. The van der Waals surface area contributed by atoms with Crippen LogP contribution in [0.3, 0.4) is 0 Å². The predicted molar refractivity (Wildman–Crippen MR) is 118 cm³/mol. The summed E-state index contributed by atoms with van der Waals surface area (Å²) in [7, 11) is 0. The van der Waals surface area contributed by atoms with E-state index in [0.717, 1.165) is 16.7 Å². The Hall–Kier alpha value is -3.39. The molecule has 3 aromatic carbocycles. The number of nitriles is 1. The van der Waals surface area contributed by atoms with Crippen LogP contribution in [0, 0.1) is 11.3 Å². The zero-order valence-electron chi connectivity index (χ0n) is 16.3. The van der Waals surface area contributed by atoms with E-state index in [9.17, 15) is 10.1 Å². The van der Waals surface area contributed by atoms with E-state index in [0.29, 0.717) is 17.3 Å². The molecule has 0 amide bonds. The third-order valence-electron chi connectivity index (χ3n) is 5.16. The summed E-state index contributed by atoms with van der Waals surface area (Å²) < 4.78 is 0. The molecule has 0 saturated carbocycles. The monoisotopic (exact) mass is 413 g/mol. The van der Waals surface area contributed by atoms with Crippen molar-refractivity contribution in [3.05, 3.63) is 112 Å². The molecule has 4 nitrogen and oxygen atoms in total. The second kappa shape index (κ2) is 8.96. The Kier molecular flexibility index (Phi) is 5.94. The van der Waals surface area contributed by atoms with Crippen LogP contribution in [0.2, 0.25) is 5.02 Å². The smallest absolute Gasteiger partial charge is 0.177 e. The molecule has 30 heavy (non-hydrogen) atoms. The quantitative estimate of drug-likeness (QED) is 0.630. The van der Waals surface area contributed by atoms with Gasteiger partial charge in [0.1, 0.15) is 11.6 Å². The number of allylic oxidation sites excluding steroid dienone is 1. The van der Waals surface area contributed by atoms with Crippen LogP contribution in [0.25, 0.3) is 5.70 Å².